The molecule has 0 radical (unpaired) electrons. The highest BCUT2D eigenvalue weighted by Crippen LogP contribution is 2.29. The molecule has 0 saturated carbocycles. The molecule has 2 amide bonds. The molecule has 10 heteroatoms. The maximum atomic E-state index is 13.0. The highest BCUT2D eigenvalue weighted by atomic mass is 16.5. The van der Waals surface area contributed by atoms with E-state index in [0.29, 0.717) is 42.9 Å². The lowest BCUT2D eigenvalue weighted by atomic mass is 10.1. The van der Waals surface area contributed by atoms with Crippen LogP contribution in [-0.4, -0.2) is 60.7 Å². The molecule has 0 aromatic carbocycles. The molecular weight excluding hydrogens is 388 g/mol. The Hall–Kier alpha value is -3.24. The first-order valence-electron chi connectivity index (χ1n) is 9.92. The van der Waals surface area contributed by atoms with E-state index in [1.807, 2.05) is 0 Å². The number of rotatable bonds is 10. The zero-order chi connectivity index (χ0) is 20.8. The number of nitrogens with zero attached hydrogens (tertiary/aromatic N) is 2. The van der Waals surface area contributed by atoms with Crippen molar-refractivity contribution in [1.29, 1.82) is 0 Å². The first-order valence-corrected chi connectivity index (χ1v) is 9.92. The Morgan fingerprint density at radius 2 is 1.83 bits per heavy atom. The second kappa shape index (κ2) is 9.51. The monoisotopic (exact) mass is 412 g/mol. The predicted molar refractivity (Wildman–Crippen MR) is 110 cm³/mol. The second-order valence-electron chi connectivity index (χ2n) is 7.10. The van der Waals surface area contributed by atoms with Gasteiger partial charge in [0.15, 0.2) is 23.0 Å². The molecule has 4 rings (SSSR count). The average molecular weight is 412 g/mol. The molecule has 0 spiro atoms. The summed E-state index contributed by atoms with van der Waals surface area (Å²) in [5.41, 5.74) is 0.427. The van der Waals surface area contributed by atoms with Gasteiger partial charge in [0.1, 0.15) is 13.2 Å². The third-order valence-corrected chi connectivity index (χ3v) is 5.06. The normalized spacial score (nSPS) is 19.7. The van der Waals surface area contributed by atoms with Crippen LogP contribution in [0.1, 0.15) is 23.3 Å². The lowest BCUT2D eigenvalue weighted by molar-refractivity contribution is -0.105. The molecule has 2 aromatic heterocycles. The van der Waals surface area contributed by atoms with E-state index < -0.39 is 5.91 Å². The molecule has 0 unspecified atom stereocenters. The highest BCUT2D eigenvalue weighted by molar-refractivity contribution is 6.06. The number of ether oxygens (including phenoxy) is 2. The van der Waals surface area contributed by atoms with Crippen LogP contribution in [0.5, 0.6) is 11.5 Å². The van der Waals surface area contributed by atoms with Crippen LogP contribution in [-0.2, 0) is 4.79 Å². The van der Waals surface area contributed by atoms with Gasteiger partial charge in [0.05, 0.1) is 5.69 Å². The SMILES string of the molecule is O=CNc1ccnc(C(=O)Nc2ncccc2OC[C@H]2CCN2)c1OC[C@@H]1CCN1. The minimum absolute atomic E-state index is 0.0541. The van der Waals surface area contributed by atoms with Crippen molar-refractivity contribution in [3.05, 3.63) is 36.3 Å². The Morgan fingerprint density at radius 1 is 1.10 bits per heavy atom. The minimum atomic E-state index is -0.508. The Bertz CT molecular complexity index is 901. The van der Waals surface area contributed by atoms with E-state index in [-0.39, 0.29) is 17.5 Å². The molecule has 4 N–H and O–H groups in total. The van der Waals surface area contributed by atoms with E-state index in [9.17, 15) is 9.59 Å². The standard InChI is InChI=1S/C20H24N6O4/c27-12-25-15-5-9-23-17(18(15)30-11-14-4-8-22-14)20(28)26-19-16(2-1-6-24-19)29-10-13-3-7-21-13/h1-2,5-6,9,12-14,21-22H,3-4,7-8,10-11H2,(H,23,25,27)(H,24,26,28)/t13-,14+/m1/s1. The summed E-state index contributed by atoms with van der Waals surface area (Å²) in [7, 11) is 0. The first kappa shape index (κ1) is 20.0. The van der Waals surface area contributed by atoms with Crippen LogP contribution in [0.3, 0.4) is 0 Å². The third kappa shape index (κ3) is 4.66. The summed E-state index contributed by atoms with van der Waals surface area (Å²) in [4.78, 5) is 32.4. The largest absolute Gasteiger partial charge is 0.488 e. The van der Waals surface area contributed by atoms with Gasteiger partial charge in [0, 0.05) is 24.5 Å². The van der Waals surface area contributed by atoms with Crippen molar-refractivity contribution in [2.75, 3.05) is 36.9 Å². The van der Waals surface area contributed by atoms with Gasteiger partial charge in [-0.25, -0.2) is 9.97 Å². The predicted octanol–water partition coefficient (Wildman–Crippen LogP) is 0.779. The number of amides is 2. The minimum Gasteiger partial charge on any atom is -0.488 e. The summed E-state index contributed by atoms with van der Waals surface area (Å²) in [6, 6.07) is 5.59. The van der Waals surface area contributed by atoms with Gasteiger partial charge in [0.25, 0.3) is 5.91 Å². The lowest BCUT2D eigenvalue weighted by Crippen LogP contribution is -2.46. The van der Waals surface area contributed by atoms with Gasteiger partial charge in [-0.2, -0.15) is 0 Å². The number of hydrogen-bond donors (Lipinski definition) is 4. The van der Waals surface area contributed by atoms with Crippen LogP contribution in [0, 0.1) is 0 Å². The molecule has 0 bridgehead atoms. The highest BCUT2D eigenvalue weighted by Gasteiger charge is 2.24. The van der Waals surface area contributed by atoms with Gasteiger partial charge in [-0.1, -0.05) is 0 Å². The fourth-order valence-electron chi connectivity index (χ4n) is 3.06. The van der Waals surface area contributed by atoms with E-state index in [2.05, 4.69) is 31.2 Å². The number of anilines is 2. The van der Waals surface area contributed by atoms with Crippen molar-refractivity contribution in [2.24, 2.45) is 0 Å². The van der Waals surface area contributed by atoms with E-state index in [0.717, 1.165) is 25.9 Å². The van der Waals surface area contributed by atoms with Crippen molar-refractivity contribution in [2.45, 2.75) is 24.9 Å². The van der Waals surface area contributed by atoms with Crippen LogP contribution in [0.4, 0.5) is 11.5 Å². The molecule has 10 nitrogen and oxygen atoms in total. The van der Waals surface area contributed by atoms with Crippen molar-refractivity contribution in [3.8, 4) is 11.5 Å². The second-order valence-corrected chi connectivity index (χ2v) is 7.10. The van der Waals surface area contributed by atoms with Crippen LogP contribution in [0.25, 0.3) is 0 Å². The lowest BCUT2D eigenvalue weighted by Gasteiger charge is -2.28. The number of carbonyl (C=O) groups is 2. The van der Waals surface area contributed by atoms with Crippen molar-refractivity contribution in [3.63, 3.8) is 0 Å². The van der Waals surface area contributed by atoms with Crippen LogP contribution < -0.4 is 30.7 Å². The summed E-state index contributed by atoms with van der Waals surface area (Å²) >= 11 is 0. The summed E-state index contributed by atoms with van der Waals surface area (Å²) in [6.07, 6.45) is 5.58. The molecule has 2 aliphatic heterocycles. The Balaban J connectivity index is 1.51. The molecule has 2 aromatic rings. The van der Waals surface area contributed by atoms with Crippen molar-refractivity contribution < 1.29 is 19.1 Å². The first-order chi connectivity index (χ1) is 14.7. The van der Waals surface area contributed by atoms with Gasteiger partial charge in [-0.3, -0.25) is 9.59 Å². The zero-order valence-corrected chi connectivity index (χ0v) is 16.4. The van der Waals surface area contributed by atoms with Gasteiger partial charge >= 0.3 is 0 Å². The van der Waals surface area contributed by atoms with E-state index >= 15 is 0 Å². The quantitative estimate of drug-likeness (QED) is 0.422. The summed E-state index contributed by atoms with van der Waals surface area (Å²) in [5.74, 6) is 0.478. The average Bonchev–Trinajstić information content (AvgIpc) is 2.68. The Labute approximate surface area is 173 Å². The molecule has 2 aliphatic rings. The van der Waals surface area contributed by atoms with Crippen molar-refractivity contribution >= 4 is 23.8 Å². The molecule has 2 saturated heterocycles. The molecule has 2 atom stereocenters. The molecular formula is C20H24N6O4. The fourth-order valence-corrected chi connectivity index (χ4v) is 3.06. The smallest absolute Gasteiger partial charge is 0.279 e. The maximum absolute atomic E-state index is 13.0. The summed E-state index contributed by atoms with van der Waals surface area (Å²) in [5, 5.41) is 11.8. The van der Waals surface area contributed by atoms with Gasteiger partial charge in [-0.15, -0.1) is 0 Å². The molecule has 4 heterocycles. The van der Waals surface area contributed by atoms with Gasteiger partial charge in [0.2, 0.25) is 6.41 Å². The van der Waals surface area contributed by atoms with Gasteiger partial charge in [-0.05, 0) is 44.1 Å². The van der Waals surface area contributed by atoms with E-state index in [1.54, 1.807) is 24.4 Å². The third-order valence-electron chi connectivity index (χ3n) is 5.06. The number of hydrogen-bond acceptors (Lipinski definition) is 8. The molecule has 0 aliphatic carbocycles. The zero-order valence-electron chi connectivity index (χ0n) is 16.4. The van der Waals surface area contributed by atoms with Crippen LogP contribution in [0.15, 0.2) is 30.6 Å². The van der Waals surface area contributed by atoms with Gasteiger partial charge < -0.3 is 30.7 Å². The Morgan fingerprint density at radius 3 is 2.50 bits per heavy atom. The summed E-state index contributed by atoms with van der Waals surface area (Å²) < 4.78 is 11.7. The number of carbonyl (C=O) groups excluding carboxylic acids is 2. The molecule has 2 fully saturated rings. The van der Waals surface area contributed by atoms with Crippen LogP contribution in [0.2, 0.25) is 0 Å². The van der Waals surface area contributed by atoms with Crippen molar-refractivity contribution in [1.82, 2.24) is 20.6 Å². The fraction of sp³-hybridized carbons (Fsp3) is 0.400. The molecule has 30 heavy (non-hydrogen) atoms. The molecule has 158 valence electrons. The van der Waals surface area contributed by atoms with E-state index in [1.165, 1.54) is 6.20 Å². The number of nitrogens with one attached hydrogen (secondary N) is 4. The topological polar surface area (TPSA) is 127 Å². The van der Waals surface area contributed by atoms with E-state index in [4.69, 9.17) is 9.47 Å². The summed E-state index contributed by atoms with van der Waals surface area (Å²) in [6.45, 7) is 2.79. The number of aromatic nitrogens is 2. The maximum Gasteiger partial charge on any atom is 0.279 e. The Kier molecular flexibility index (Phi) is 6.35. The van der Waals surface area contributed by atoms with Crippen LogP contribution >= 0.6 is 0 Å². The number of pyridine rings is 2.